The molecule has 0 saturated heterocycles. The molecule has 16 heavy (non-hydrogen) atoms. The Bertz CT molecular complexity index is 377. The summed E-state index contributed by atoms with van der Waals surface area (Å²) in [5.41, 5.74) is 0.299. The van der Waals surface area contributed by atoms with Crippen LogP contribution in [0.5, 0.6) is 0 Å². The van der Waals surface area contributed by atoms with E-state index in [1.165, 1.54) is 24.1 Å². The van der Waals surface area contributed by atoms with Crippen molar-refractivity contribution in [3.8, 4) is 0 Å². The van der Waals surface area contributed by atoms with Crippen LogP contribution in [0.25, 0.3) is 0 Å². The monoisotopic (exact) mass is 235 g/mol. The van der Waals surface area contributed by atoms with Gasteiger partial charge < -0.3 is 5.32 Å². The van der Waals surface area contributed by atoms with Crippen molar-refractivity contribution in [2.75, 3.05) is 6.54 Å². The van der Waals surface area contributed by atoms with Crippen molar-refractivity contribution in [1.82, 2.24) is 5.32 Å². The molecule has 2 saturated carbocycles. The number of hydrogen-bond acceptors (Lipinski definition) is 2. The molecule has 86 valence electrons. The number of carbonyl (C=O) groups excluding carboxylic acids is 1. The molecule has 1 aromatic heterocycles. The fourth-order valence-electron chi connectivity index (χ4n) is 2.31. The van der Waals surface area contributed by atoms with Crippen LogP contribution in [0, 0.1) is 5.92 Å². The summed E-state index contributed by atoms with van der Waals surface area (Å²) in [7, 11) is 0. The maximum Gasteiger partial charge on any atom is 0.223 e. The van der Waals surface area contributed by atoms with E-state index in [0.29, 0.717) is 11.3 Å². The van der Waals surface area contributed by atoms with E-state index < -0.39 is 0 Å². The minimum Gasteiger partial charge on any atom is -0.355 e. The van der Waals surface area contributed by atoms with Gasteiger partial charge in [-0.2, -0.15) is 0 Å². The van der Waals surface area contributed by atoms with Gasteiger partial charge in [0.05, 0.1) is 0 Å². The highest BCUT2D eigenvalue weighted by molar-refractivity contribution is 7.10. The highest BCUT2D eigenvalue weighted by Gasteiger charge is 2.45. The van der Waals surface area contributed by atoms with E-state index in [-0.39, 0.29) is 5.91 Å². The Morgan fingerprint density at radius 2 is 2.31 bits per heavy atom. The molecule has 0 unspecified atom stereocenters. The lowest BCUT2D eigenvalue weighted by molar-refractivity contribution is -0.127. The molecule has 2 aliphatic carbocycles. The SMILES string of the molecule is O=C(NCC1(c2cccs2)CC1)C1CCC1. The largest absolute Gasteiger partial charge is 0.355 e. The van der Waals surface area contributed by atoms with Gasteiger partial charge in [-0.05, 0) is 37.1 Å². The molecular weight excluding hydrogens is 218 g/mol. The quantitative estimate of drug-likeness (QED) is 0.854. The third-order valence-electron chi connectivity index (χ3n) is 3.97. The van der Waals surface area contributed by atoms with Crippen LogP contribution in [-0.4, -0.2) is 12.5 Å². The summed E-state index contributed by atoms with van der Waals surface area (Å²) in [4.78, 5) is 13.2. The van der Waals surface area contributed by atoms with Crippen LogP contribution in [-0.2, 0) is 10.2 Å². The average molecular weight is 235 g/mol. The van der Waals surface area contributed by atoms with Gasteiger partial charge in [-0.15, -0.1) is 11.3 Å². The topological polar surface area (TPSA) is 29.1 Å². The van der Waals surface area contributed by atoms with Crippen molar-refractivity contribution < 1.29 is 4.79 Å². The molecule has 3 heteroatoms. The lowest BCUT2D eigenvalue weighted by Crippen LogP contribution is -2.38. The summed E-state index contributed by atoms with van der Waals surface area (Å²) in [5, 5.41) is 5.27. The Morgan fingerprint density at radius 1 is 1.50 bits per heavy atom. The molecule has 2 aliphatic rings. The standard InChI is InChI=1S/C13H17NOS/c15-12(10-3-1-4-10)14-9-13(6-7-13)11-5-2-8-16-11/h2,5,8,10H,1,3-4,6-7,9H2,(H,14,15). The lowest BCUT2D eigenvalue weighted by Gasteiger charge is -2.25. The van der Waals surface area contributed by atoms with Crippen LogP contribution in [0.15, 0.2) is 17.5 Å². The number of nitrogens with one attached hydrogen (secondary N) is 1. The van der Waals surface area contributed by atoms with E-state index in [1.807, 2.05) is 11.3 Å². The molecule has 0 atom stereocenters. The number of amides is 1. The molecule has 0 radical (unpaired) electrons. The molecule has 2 nitrogen and oxygen atoms in total. The predicted molar refractivity (Wildman–Crippen MR) is 65.6 cm³/mol. The van der Waals surface area contributed by atoms with Crippen LogP contribution in [0.1, 0.15) is 37.0 Å². The van der Waals surface area contributed by atoms with Crippen molar-refractivity contribution in [3.05, 3.63) is 22.4 Å². The van der Waals surface area contributed by atoms with Crippen molar-refractivity contribution >= 4 is 17.2 Å². The lowest BCUT2D eigenvalue weighted by atomic mass is 9.84. The number of carbonyl (C=O) groups is 1. The summed E-state index contributed by atoms with van der Waals surface area (Å²) < 4.78 is 0. The fraction of sp³-hybridized carbons (Fsp3) is 0.615. The molecule has 3 rings (SSSR count). The van der Waals surface area contributed by atoms with Gasteiger partial charge in [-0.3, -0.25) is 4.79 Å². The third-order valence-corrected chi connectivity index (χ3v) is 5.09. The molecule has 1 N–H and O–H groups in total. The van der Waals surface area contributed by atoms with Crippen LogP contribution >= 0.6 is 11.3 Å². The van der Waals surface area contributed by atoms with Gasteiger partial charge in [0.25, 0.3) is 0 Å². The molecule has 0 spiro atoms. The van der Waals surface area contributed by atoms with Crippen molar-refractivity contribution in [2.24, 2.45) is 5.92 Å². The number of thiophene rings is 1. The first-order chi connectivity index (χ1) is 7.80. The van der Waals surface area contributed by atoms with Crippen LogP contribution < -0.4 is 5.32 Å². The van der Waals surface area contributed by atoms with Crippen molar-refractivity contribution in [1.29, 1.82) is 0 Å². The Kier molecular flexibility index (Phi) is 2.51. The van der Waals surface area contributed by atoms with E-state index >= 15 is 0 Å². The second-order valence-electron chi connectivity index (χ2n) is 5.10. The smallest absolute Gasteiger partial charge is 0.223 e. The van der Waals surface area contributed by atoms with Crippen molar-refractivity contribution in [3.63, 3.8) is 0 Å². The minimum atomic E-state index is 0.286. The van der Waals surface area contributed by atoms with Gasteiger partial charge in [0.1, 0.15) is 0 Å². The minimum absolute atomic E-state index is 0.286. The van der Waals surface area contributed by atoms with Gasteiger partial charge >= 0.3 is 0 Å². The Hall–Kier alpha value is -0.830. The molecular formula is C13H17NOS. The fourth-order valence-corrected chi connectivity index (χ4v) is 3.30. The summed E-state index contributed by atoms with van der Waals surface area (Å²) >= 11 is 1.82. The Balaban J connectivity index is 1.57. The van der Waals surface area contributed by atoms with Gasteiger partial charge in [0.15, 0.2) is 0 Å². The highest BCUT2D eigenvalue weighted by Crippen LogP contribution is 2.49. The summed E-state index contributed by atoms with van der Waals surface area (Å²) in [6.45, 7) is 0.850. The summed E-state index contributed by atoms with van der Waals surface area (Å²) in [6.07, 6.45) is 5.89. The zero-order chi connectivity index (χ0) is 11.0. The molecule has 1 aromatic rings. The highest BCUT2D eigenvalue weighted by atomic mass is 32.1. The first-order valence-electron chi connectivity index (χ1n) is 6.12. The van der Waals surface area contributed by atoms with Gasteiger partial charge in [0.2, 0.25) is 5.91 Å². The van der Waals surface area contributed by atoms with E-state index in [4.69, 9.17) is 0 Å². The summed E-state index contributed by atoms with van der Waals surface area (Å²) in [6, 6.07) is 4.31. The van der Waals surface area contributed by atoms with E-state index in [9.17, 15) is 4.79 Å². The normalized spacial score (nSPS) is 22.5. The maximum absolute atomic E-state index is 11.8. The van der Waals surface area contributed by atoms with Crippen LogP contribution in [0.4, 0.5) is 0 Å². The number of hydrogen-bond donors (Lipinski definition) is 1. The molecule has 0 bridgehead atoms. The predicted octanol–water partition coefficient (Wildman–Crippen LogP) is 2.70. The van der Waals surface area contributed by atoms with E-state index in [1.54, 1.807) is 0 Å². The Morgan fingerprint density at radius 3 is 2.81 bits per heavy atom. The van der Waals surface area contributed by atoms with Crippen LogP contribution in [0.2, 0.25) is 0 Å². The van der Waals surface area contributed by atoms with Gasteiger partial charge in [0, 0.05) is 22.8 Å². The Labute approximate surface area is 100 Å². The number of rotatable bonds is 4. The molecule has 1 heterocycles. The zero-order valence-corrected chi connectivity index (χ0v) is 10.2. The summed E-state index contributed by atoms with van der Waals surface area (Å²) in [5.74, 6) is 0.605. The molecule has 1 amide bonds. The first kappa shape index (κ1) is 10.3. The molecule has 2 fully saturated rings. The van der Waals surface area contributed by atoms with Gasteiger partial charge in [-0.1, -0.05) is 12.5 Å². The van der Waals surface area contributed by atoms with E-state index in [0.717, 1.165) is 19.4 Å². The third kappa shape index (κ3) is 1.77. The van der Waals surface area contributed by atoms with Gasteiger partial charge in [-0.25, -0.2) is 0 Å². The molecule has 0 aromatic carbocycles. The average Bonchev–Trinajstić information content (AvgIpc) is 2.77. The van der Waals surface area contributed by atoms with Crippen LogP contribution in [0.3, 0.4) is 0 Å². The second-order valence-corrected chi connectivity index (χ2v) is 6.05. The molecule has 0 aliphatic heterocycles. The second kappa shape index (κ2) is 3.88. The zero-order valence-electron chi connectivity index (χ0n) is 9.37. The van der Waals surface area contributed by atoms with E-state index in [2.05, 4.69) is 22.8 Å². The first-order valence-corrected chi connectivity index (χ1v) is 7.00. The van der Waals surface area contributed by atoms with Crippen molar-refractivity contribution in [2.45, 2.75) is 37.5 Å². The maximum atomic E-state index is 11.8.